The third kappa shape index (κ3) is 2.88. The first-order valence-electron chi connectivity index (χ1n) is 6.52. The van der Waals surface area contributed by atoms with E-state index in [1.807, 2.05) is 44.4 Å². The van der Waals surface area contributed by atoms with Crippen LogP contribution in [0.2, 0.25) is 5.02 Å². The molecule has 1 aromatic heterocycles. The second kappa shape index (κ2) is 5.97. The standard InChI is InChI=1S/C14H18ClN3OS/c1-5-18-13(16-17-14(18)20)10(4)19-11-6-8(2)12(15)9(3)7-11/h6-7,10H,5H2,1-4H3,(H,17,20). The van der Waals surface area contributed by atoms with Crippen LogP contribution in [-0.4, -0.2) is 14.8 Å². The molecule has 1 unspecified atom stereocenters. The molecular weight excluding hydrogens is 294 g/mol. The van der Waals surface area contributed by atoms with Crippen LogP contribution in [0.25, 0.3) is 0 Å². The van der Waals surface area contributed by atoms with E-state index in [-0.39, 0.29) is 6.10 Å². The van der Waals surface area contributed by atoms with Crippen molar-refractivity contribution in [3.8, 4) is 5.75 Å². The molecule has 1 aromatic carbocycles. The highest BCUT2D eigenvalue weighted by Crippen LogP contribution is 2.28. The zero-order chi connectivity index (χ0) is 14.9. The van der Waals surface area contributed by atoms with Crippen molar-refractivity contribution in [1.82, 2.24) is 14.8 Å². The lowest BCUT2D eigenvalue weighted by molar-refractivity contribution is 0.210. The van der Waals surface area contributed by atoms with E-state index in [2.05, 4.69) is 10.2 Å². The quantitative estimate of drug-likeness (QED) is 0.853. The summed E-state index contributed by atoms with van der Waals surface area (Å²) in [6.45, 7) is 8.68. The second-order valence-electron chi connectivity index (χ2n) is 4.76. The van der Waals surface area contributed by atoms with Gasteiger partial charge in [-0.15, -0.1) is 0 Å². The van der Waals surface area contributed by atoms with Gasteiger partial charge in [-0.1, -0.05) is 11.6 Å². The summed E-state index contributed by atoms with van der Waals surface area (Å²) in [5.41, 5.74) is 2.01. The summed E-state index contributed by atoms with van der Waals surface area (Å²) >= 11 is 11.3. The minimum Gasteiger partial charge on any atom is -0.483 e. The molecule has 0 saturated carbocycles. The van der Waals surface area contributed by atoms with Gasteiger partial charge in [0.25, 0.3) is 0 Å². The van der Waals surface area contributed by atoms with Crippen LogP contribution < -0.4 is 4.74 Å². The van der Waals surface area contributed by atoms with Crippen LogP contribution in [0.1, 0.15) is 36.9 Å². The SMILES string of the molecule is CCn1c(C(C)Oc2cc(C)c(Cl)c(C)c2)n[nH]c1=S. The molecule has 0 spiro atoms. The van der Waals surface area contributed by atoms with Crippen LogP contribution in [0.5, 0.6) is 5.75 Å². The van der Waals surface area contributed by atoms with Crippen LogP contribution >= 0.6 is 23.8 Å². The summed E-state index contributed by atoms with van der Waals surface area (Å²) < 4.78 is 8.50. The highest BCUT2D eigenvalue weighted by atomic mass is 35.5. The van der Waals surface area contributed by atoms with Crippen molar-refractivity contribution in [2.24, 2.45) is 0 Å². The number of benzene rings is 1. The summed E-state index contributed by atoms with van der Waals surface area (Å²) in [6.07, 6.45) is -0.192. The van der Waals surface area contributed by atoms with E-state index in [0.717, 1.165) is 34.3 Å². The van der Waals surface area contributed by atoms with Gasteiger partial charge in [0.15, 0.2) is 16.7 Å². The lowest BCUT2D eigenvalue weighted by Crippen LogP contribution is -2.11. The van der Waals surface area contributed by atoms with Gasteiger partial charge >= 0.3 is 0 Å². The Hall–Kier alpha value is -1.33. The van der Waals surface area contributed by atoms with Crippen molar-refractivity contribution in [2.45, 2.75) is 40.3 Å². The topological polar surface area (TPSA) is 42.8 Å². The van der Waals surface area contributed by atoms with Crippen molar-refractivity contribution < 1.29 is 4.74 Å². The van der Waals surface area contributed by atoms with E-state index >= 15 is 0 Å². The molecule has 0 aliphatic rings. The lowest BCUT2D eigenvalue weighted by Gasteiger charge is -2.16. The third-order valence-corrected chi connectivity index (χ3v) is 4.10. The lowest BCUT2D eigenvalue weighted by atomic mass is 10.1. The van der Waals surface area contributed by atoms with E-state index in [4.69, 9.17) is 28.6 Å². The maximum absolute atomic E-state index is 6.16. The molecule has 1 atom stereocenters. The number of halogens is 1. The molecule has 0 amide bonds. The Morgan fingerprint density at radius 3 is 2.55 bits per heavy atom. The fourth-order valence-electron chi connectivity index (χ4n) is 2.18. The number of aromatic amines is 1. The van der Waals surface area contributed by atoms with Gasteiger partial charge in [0.1, 0.15) is 5.75 Å². The monoisotopic (exact) mass is 311 g/mol. The first kappa shape index (κ1) is 15.1. The van der Waals surface area contributed by atoms with Gasteiger partial charge in [0.2, 0.25) is 0 Å². The fourth-order valence-corrected chi connectivity index (χ4v) is 2.55. The Balaban J connectivity index is 2.28. The van der Waals surface area contributed by atoms with E-state index < -0.39 is 0 Å². The highest BCUT2D eigenvalue weighted by Gasteiger charge is 2.15. The van der Waals surface area contributed by atoms with Crippen LogP contribution in [0.15, 0.2) is 12.1 Å². The molecule has 2 rings (SSSR count). The number of aryl methyl sites for hydroxylation is 2. The normalized spacial score (nSPS) is 12.4. The number of hydrogen-bond donors (Lipinski definition) is 1. The molecule has 0 saturated heterocycles. The van der Waals surface area contributed by atoms with Crippen molar-refractivity contribution in [3.63, 3.8) is 0 Å². The number of rotatable bonds is 4. The Morgan fingerprint density at radius 1 is 1.40 bits per heavy atom. The molecule has 4 nitrogen and oxygen atoms in total. The zero-order valence-corrected chi connectivity index (χ0v) is 13.6. The van der Waals surface area contributed by atoms with Crippen molar-refractivity contribution in [1.29, 1.82) is 0 Å². The predicted octanol–water partition coefficient (Wildman–Crippen LogP) is 4.37. The fraction of sp³-hybridized carbons (Fsp3) is 0.429. The molecule has 1 N–H and O–H groups in total. The largest absolute Gasteiger partial charge is 0.483 e. The highest BCUT2D eigenvalue weighted by molar-refractivity contribution is 7.71. The molecule has 1 heterocycles. The average molecular weight is 312 g/mol. The molecule has 6 heteroatoms. The van der Waals surface area contributed by atoms with Crippen molar-refractivity contribution >= 4 is 23.8 Å². The first-order chi connectivity index (χ1) is 9.43. The Bertz CT molecular complexity index is 654. The minimum atomic E-state index is -0.192. The number of H-pyrrole nitrogens is 1. The molecular formula is C14H18ClN3OS. The zero-order valence-electron chi connectivity index (χ0n) is 12.0. The molecule has 20 heavy (non-hydrogen) atoms. The van der Waals surface area contributed by atoms with Gasteiger partial charge in [-0.05, 0) is 63.2 Å². The number of hydrogen-bond acceptors (Lipinski definition) is 3. The summed E-state index contributed by atoms with van der Waals surface area (Å²) in [4.78, 5) is 0. The molecule has 0 fully saturated rings. The second-order valence-corrected chi connectivity index (χ2v) is 5.53. The molecule has 2 aromatic rings. The smallest absolute Gasteiger partial charge is 0.195 e. The number of ether oxygens (including phenoxy) is 1. The van der Waals surface area contributed by atoms with Crippen molar-refractivity contribution in [3.05, 3.63) is 38.9 Å². The van der Waals surface area contributed by atoms with Crippen LogP contribution in [0.3, 0.4) is 0 Å². The Kier molecular flexibility index (Phi) is 4.50. The molecule has 0 radical (unpaired) electrons. The van der Waals surface area contributed by atoms with Gasteiger partial charge < -0.3 is 9.30 Å². The van der Waals surface area contributed by atoms with Crippen molar-refractivity contribution in [2.75, 3.05) is 0 Å². The summed E-state index contributed by atoms with van der Waals surface area (Å²) in [7, 11) is 0. The van der Waals surface area contributed by atoms with Gasteiger partial charge in [0, 0.05) is 11.6 Å². The molecule has 0 bridgehead atoms. The van der Waals surface area contributed by atoms with E-state index in [1.54, 1.807) is 0 Å². The molecule has 0 aliphatic heterocycles. The van der Waals surface area contributed by atoms with E-state index in [9.17, 15) is 0 Å². The maximum atomic E-state index is 6.16. The third-order valence-electron chi connectivity index (χ3n) is 3.19. The predicted molar refractivity (Wildman–Crippen MR) is 83.1 cm³/mol. The summed E-state index contributed by atoms with van der Waals surface area (Å²) in [6, 6.07) is 3.87. The van der Waals surface area contributed by atoms with Crippen LogP contribution in [0, 0.1) is 18.6 Å². The van der Waals surface area contributed by atoms with Gasteiger partial charge in [-0.2, -0.15) is 5.10 Å². The van der Waals surface area contributed by atoms with Gasteiger partial charge in [0.05, 0.1) is 0 Å². The van der Waals surface area contributed by atoms with E-state index in [0.29, 0.717) is 4.77 Å². The molecule has 108 valence electrons. The number of aromatic nitrogens is 3. The van der Waals surface area contributed by atoms with E-state index in [1.165, 1.54) is 0 Å². The Labute approximate surface area is 128 Å². The average Bonchev–Trinajstić information content (AvgIpc) is 2.77. The van der Waals surface area contributed by atoms with Gasteiger partial charge in [-0.25, -0.2) is 0 Å². The number of nitrogens with one attached hydrogen (secondary N) is 1. The number of nitrogens with zero attached hydrogens (tertiary/aromatic N) is 2. The van der Waals surface area contributed by atoms with Gasteiger partial charge in [-0.3, -0.25) is 5.10 Å². The summed E-state index contributed by atoms with van der Waals surface area (Å²) in [5, 5.41) is 7.82. The minimum absolute atomic E-state index is 0.192. The maximum Gasteiger partial charge on any atom is 0.195 e. The Morgan fingerprint density at radius 2 is 2.00 bits per heavy atom. The van der Waals surface area contributed by atoms with Crippen LogP contribution in [-0.2, 0) is 6.54 Å². The molecule has 0 aliphatic carbocycles. The summed E-state index contributed by atoms with van der Waals surface area (Å²) in [5.74, 6) is 1.58. The van der Waals surface area contributed by atoms with Crippen LogP contribution in [0.4, 0.5) is 0 Å². The first-order valence-corrected chi connectivity index (χ1v) is 7.31.